The molecule has 1 N–H and O–H groups in total. The molecule has 1 aliphatic heterocycles. The van der Waals surface area contributed by atoms with Crippen LogP contribution in [0.15, 0.2) is 55.0 Å². The fourth-order valence-corrected chi connectivity index (χ4v) is 4.28. The fourth-order valence-electron chi connectivity index (χ4n) is 4.14. The van der Waals surface area contributed by atoms with Crippen molar-refractivity contribution in [3.05, 3.63) is 77.3 Å². The number of benzene rings is 2. The van der Waals surface area contributed by atoms with Gasteiger partial charge in [-0.2, -0.15) is 4.98 Å². The highest BCUT2D eigenvalue weighted by Crippen LogP contribution is 2.33. The second-order valence-electron chi connectivity index (χ2n) is 7.74. The van der Waals surface area contributed by atoms with Crippen molar-refractivity contribution in [1.29, 1.82) is 0 Å². The van der Waals surface area contributed by atoms with Gasteiger partial charge in [0, 0.05) is 30.4 Å². The topological polar surface area (TPSA) is 69.8 Å². The van der Waals surface area contributed by atoms with Crippen LogP contribution in [-0.4, -0.2) is 31.4 Å². The molecule has 4 aromatic rings. The van der Waals surface area contributed by atoms with Crippen LogP contribution in [0.2, 0.25) is 5.15 Å². The summed E-state index contributed by atoms with van der Waals surface area (Å²) in [6.45, 7) is 0.791. The molecule has 0 aliphatic carbocycles. The van der Waals surface area contributed by atoms with Crippen LogP contribution in [0.1, 0.15) is 36.6 Å². The van der Waals surface area contributed by atoms with Crippen LogP contribution < -0.4 is 10.1 Å². The summed E-state index contributed by atoms with van der Waals surface area (Å²) < 4.78 is 23.1. The molecule has 164 valence electrons. The first kappa shape index (κ1) is 20.5. The van der Waals surface area contributed by atoms with Crippen molar-refractivity contribution >= 4 is 23.2 Å². The molecule has 0 saturated carbocycles. The zero-order chi connectivity index (χ0) is 22.1. The van der Waals surface area contributed by atoms with E-state index >= 15 is 0 Å². The SMILES string of the molecule is COc1cc(Nc2nc3n(n2)CCCCC3c2cccc(F)c2)ccc1-n1cnc(Cl)c1. The molecule has 1 aliphatic rings. The van der Waals surface area contributed by atoms with Gasteiger partial charge in [-0.05, 0) is 42.7 Å². The van der Waals surface area contributed by atoms with Crippen molar-refractivity contribution in [3.63, 3.8) is 0 Å². The van der Waals surface area contributed by atoms with Gasteiger partial charge in [0.25, 0.3) is 0 Å². The number of rotatable bonds is 5. The molecule has 0 spiro atoms. The van der Waals surface area contributed by atoms with Crippen molar-refractivity contribution in [1.82, 2.24) is 24.3 Å². The van der Waals surface area contributed by atoms with Crippen molar-refractivity contribution in [2.75, 3.05) is 12.4 Å². The lowest BCUT2D eigenvalue weighted by Crippen LogP contribution is -2.08. The minimum Gasteiger partial charge on any atom is -0.494 e. The third-order valence-electron chi connectivity index (χ3n) is 5.64. The van der Waals surface area contributed by atoms with Crippen LogP contribution >= 0.6 is 11.6 Å². The number of hydrogen-bond donors (Lipinski definition) is 1. The van der Waals surface area contributed by atoms with Crippen LogP contribution in [0.25, 0.3) is 5.69 Å². The van der Waals surface area contributed by atoms with Gasteiger partial charge >= 0.3 is 0 Å². The lowest BCUT2D eigenvalue weighted by Gasteiger charge is -2.14. The third-order valence-corrected chi connectivity index (χ3v) is 5.84. The Kier molecular flexibility index (Phi) is 5.53. The summed E-state index contributed by atoms with van der Waals surface area (Å²) in [4.78, 5) is 8.83. The molecule has 0 amide bonds. The van der Waals surface area contributed by atoms with Crippen LogP contribution in [0.5, 0.6) is 5.75 Å². The molecule has 7 nitrogen and oxygen atoms in total. The van der Waals surface area contributed by atoms with Crippen molar-refractivity contribution in [2.45, 2.75) is 31.7 Å². The normalized spacial score (nSPS) is 15.8. The van der Waals surface area contributed by atoms with Gasteiger partial charge in [-0.1, -0.05) is 30.2 Å². The van der Waals surface area contributed by atoms with Gasteiger partial charge in [-0.3, -0.25) is 0 Å². The Balaban J connectivity index is 1.44. The van der Waals surface area contributed by atoms with Gasteiger partial charge < -0.3 is 14.6 Å². The van der Waals surface area contributed by atoms with E-state index in [2.05, 4.69) is 15.4 Å². The molecule has 2 aromatic heterocycles. The highest BCUT2D eigenvalue weighted by atomic mass is 35.5. The molecule has 5 rings (SSSR count). The molecule has 0 saturated heterocycles. The van der Waals surface area contributed by atoms with Crippen molar-refractivity contribution in [2.24, 2.45) is 0 Å². The predicted octanol–water partition coefficient (Wildman–Crippen LogP) is 5.32. The molecule has 3 heterocycles. The highest BCUT2D eigenvalue weighted by Gasteiger charge is 2.25. The van der Waals surface area contributed by atoms with E-state index in [0.717, 1.165) is 48.6 Å². The number of methoxy groups -OCH3 is 1. The first-order valence-corrected chi connectivity index (χ1v) is 10.8. The zero-order valence-corrected chi connectivity index (χ0v) is 18.3. The van der Waals surface area contributed by atoms with Gasteiger partial charge in [0.1, 0.15) is 28.9 Å². The molecule has 1 unspecified atom stereocenters. The van der Waals surface area contributed by atoms with Gasteiger partial charge in [0.15, 0.2) is 0 Å². The molecule has 1 atom stereocenters. The maximum absolute atomic E-state index is 13.8. The smallest absolute Gasteiger partial charge is 0.246 e. The average Bonchev–Trinajstić information content (AvgIpc) is 3.34. The number of nitrogens with one attached hydrogen (secondary N) is 1. The Hall–Kier alpha value is -3.39. The lowest BCUT2D eigenvalue weighted by molar-refractivity contribution is 0.413. The number of nitrogens with zero attached hydrogens (tertiary/aromatic N) is 5. The van der Waals surface area contributed by atoms with E-state index in [4.69, 9.17) is 21.3 Å². The molecule has 32 heavy (non-hydrogen) atoms. The van der Waals surface area contributed by atoms with Gasteiger partial charge in [0.05, 0.1) is 12.8 Å². The van der Waals surface area contributed by atoms with E-state index in [1.165, 1.54) is 6.07 Å². The first-order valence-electron chi connectivity index (χ1n) is 10.5. The van der Waals surface area contributed by atoms with E-state index in [-0.39, 0.29) is 11.7 Å². The summed E-state index contributed by atoms with van der Waals surface area (Å²) in [6.07, 6.45) is 6.32. The molecule has 0 fully saturated rings. The van der Waals surface area contributed by atoms with Crippen LogP contribution in [0.3, 0.4) is 0 Å². The van der Waals surface area contributed by atoms with Crippen molar-refractivity contribution in [3.8, 4) is 11.4 Å². The number of aryl methyl sites for hydroxylation is 1. The zero-order valence-electron chi connectivity index (χ0n) is 17.5. The summed E-state index contributed by atoms with van der Waals surface area (Å²) in [5.41, 5.74) is 2.54. The van der Waals surface area contributed by atoms with Crippen LogP contribution in [-0.2, 0) is 6.54 Å². The molecule has 9 heteroatoms. The Morgan fingerprint density at radius 2 is 2.09 bits per heavy atom. The summed E-state index contributed by atoms with van der Waals surface area (Å²) in [5, 5.41) is 8.35. The minimum atomic E-state index is -0.234. The standard InChI is InChI=1S/C23H22ClFN6O/c1-32-20-12-17(8-9-19(20)30-13-21(24)26-14-30)27-23-28-22-18(7-2-3-10-31(22)29-23)15-5-4-6-16(25)11-15/h4-6,8-9,11-14,18H,2-3,7,10H2,1H3,(H,27,29). The Morgan fingerprint density at radius 3 is 2.88 bits per heavy atom. The predicted molar refractivity (Wildman–Crippen MR) is 121 cm³/mol. The Labute approximate surface area is 189 Å². The third kappa shape index (κ3) is 4.05. The van der Waals surface area contributed by atoms with E-state index in [1.807, 2.05) is 28.9 Å². The fraction of sp³-hybridized carbons (Fsp3) is 0.261. The van der Waals surface area contributed by atoms with E-state index < -0.39 is 0 Å². The number of anilines is 2. The highest BCUT2D eigenvalue weighted by molar-refractivity contribution is 6.29. The largest absolute Gasteiger partial charge is 0.494 e. The number of fused-ring (bicyclic) bond motifs is 1. The van der Waals surface area contributed by atoms with Gasteiger partial charge in [0.2, 0.25) is 5.95 Å². The second kappa shape index (κ2) is 8.63. The lowest BCUT2D eigenvalue weighted by atomic mass is 9.93. The average molecular weight is 453 g/mol. The quantitative estimate of drug-likeness (QED) is 0.443. The molecular formula is C23H22ClFN6O. The summed E-state index contributed by atoms with van der Waals surface area (Å²) in [6, 6.07) is 12.5. The summed E-state index contributed by atoms with van der Waals surface area (Å²) in [5.74, 6) is 1.79. The van der Waals surface area contributed by atoms with Gasteiger partial charge in [-0.25, -0.2) is 14.1 Å². The number of ether oxygens (including phenoxy) is 1. The summed E-state index contributed by atoms with van der Waals surface area (Å²) in [7, 11) is 1.61. The first-order chi connectivity index (χ1) is 15.6. The van der Waals surface area contributed by atoms with Crippen LogP contribution in [0.4, 0.5) is 16.0 Å². The Bertz CT molecular complexity index is 1250. The molecule has 0 radical (unpaired) electrons. The maximum atomic E-state index is 13.8. The number of imidazole rings is 1. The number of halogens is 2. The van der Waals surface area contributed by atoms with Crippen LogP contribution in [0, 0.1) is 5.82 Å². The maximum Gasteiger partial charge on any atom is 0.246 e. The number of aromatic nitrogens is 5. The molecular weight excluding hydrogens is 431 g/mol. The molecule has 0 bridgehead atoms. The van der Waals surface area contributed by atoms with Crippen molar-refractivity contribution < 1.29 is 9.13 Å². The van der Waals surface area contributed by atoms with Gasteiger partial charge in [-0.15, -0.1) is 5.10 Å². The molecule has 2 aromatic carbocycles. The number of hydrogen-bond acceptors (Lipinski definition) is 5. The van der Waals surface area contributed by atoms with E-state index in [1.54, 1.807) is 36.3 Å². The second-order valence-corrected chi connectivity index (χ2v) is 8.12. The van der Waals surface area contributed by atoms with E-state index in [9.17, 15) is 4.39 Å². The van der Waals surface area contributed by atoms with E-state index in [0.29, 0.717) is 16.9 Å². The Morgan fingerprint density at radius 1 is 1.19 bits per heavy atom. The summed E-state index contributed by atoms with van der Waals surface area (Å²) >= 11 is 5.95. The minimum absolute atomic E-state index is 0.0131. The monoisotopic (exact) mass is 452 g/mol.